The number of alkyl carbamates (subject to hydrolysis) is 1. The number of rotatable bonds is 20. The standard InChI is InChI=1S/C22H46N2O2S/c1-4-7-8-9-10-11-12-13-14-15-20-27-21-16-19-26-22(25)23-17-18-24(5-2)6-3/h4-21H2,1-3H3,(H,23,25). The molecule has 0 fully saturated rings. The molecular formula is C22H46N2O2S. The largest absolute Gasteiger partial charge is 0.450 e. The van der Waals surface area contributed by atoms with Crippen molar-refractivity contribution in [3.8, 4) is 0 Å². The molecule has 4 nitrogen and oxygen atoms in total. The lowest BCUT2D eigenvalue weighted by atomic mass is 10.1. The highest BCUT2D eigenvalue weighted by molar-refractivity contribution is 7.99. The van der Waals surface area contributed by atoms with Gasteiger partial charge < -0.3 is 15.0 Å². The summed E-state index contributed by atoms with van der Waals surface area (Å²) in [6.07, 6.45) is 14.6. The van der Waals surface area contributed by atoms with Crippen LogP contribution in [0.4, 0.5) is 4.79 Å². The van der Waals surface area contributed by atoms with Crippen LogP contribution >= 0.6 is 11.8 Å². The molecule has 0 aromatic heterocycles. The minimum atomic E-state index is -0.276. The minimum absolute atomic E-state index is 0.276. The van der Waals surface area contributed by atoms with Gasteiger partial charge in [0.15, 0.2) is 0 Å². The molecular weight excluding hydrogens is 356 g/mol. The summed E-state index contributed by atoms with van der Waals surface area (Å²) in [7, 11) is 0. The highest BCUT2D eigenvalue weighted by Crippen LogP contribution is 2.12. The monoisotopic (exact) mass is 402 g/mol. The summed E-state index contributed by atoms with van der Waals surface area (Å²) < 4.78 is 5.22. The highest BCUT2D eigenvalue weighted by atomic mass is 32.2. The third-order valence-corrected chi connectivity index (χ3v) is 6.05. The van der Waals surface area contributed by atoms with Crippen LogP contribution in [0.1, 0.15) is 91.4 Å². The molecule has 0 bridgehead atoms. The molecule has 0 radical (unpaired) electrons. The second-order valence-corrected chi connectivity index (χ2v) is 8.46. The van der Waals surface area contributed by atoms with Crippen molar-refractivity contribution in [2.45, 2.75) is 91.4 Å². The van der Waals surface area contributed by atoms with Gasteiger partial charge in [-0.3, -0.25) is 0 Å². The van der Waals surface area contributed by atoms with Crippen LogP contribution in [0.15, 0.2) is 0 Å². The second kappa shape index (κ2) is 21.9. The molecule has 0 spiro atoms. The number of hydrogen-bond donors (Lipinski definition) is 1. The van der Waals surface area contributed by atoms with Gasteiger partial charge in [0.25, 0.3) is 0 Å². The predicted molar refractivity (Wildman–Crippen MR) is 121 cm³/mol. The van der Waals surface area contributed by atoms with E-state index in [-0.39, 0.29) is 6.09 Å². The van der Waals surface area contributed by atoms with E-state index in [2.05, 4.69) is 31.0 Å². The van der Waals surface area contributed by atoms with Gasteiger partial charge in [0.05, 0.1) is 6.61 Å². The lowest BCUT2D eigenvalue weighted by Crippen LogP contribution is -2.35. The van der Waals surface area contributed by atoms with Crippen molar-refractivity contribution in [2.75, 3.05) is 44.3 Å². The molecule has 162 valence electrons. The molecule has 1 amide bonds. The Bertz CT molecular complexity index is 313. The van der Waals surface area contributed by atoms with Gasteiger partial charge >= 0.3 is 6.09 Å². The zero-order valence-electron chi connectivity index (χ0n) is 18.4. The fraction of sp³-hybridized carbons (Fsp3) is 0.955. The maximum Gasteiger partial charge on any atom is 0.407 e. The first kappa shape index (κ1) is 26.6. The maximum atomic E-state index is 11.6. The number of ether oxygens (including phenoxy) is 1. The molecule has 0 atom stereocenters. The van der Waals surface area contributed by atoms with Gasteiger partial charge in [-0.2, -0.15) is 11.8 Å². The van der Waals surface area contributed by atoms with E-state index in [4.69, 9.17) is 4.74 Å². The fourth-order valence-electron chi connectivity index (χ4n) is 3.03. The van der Waals surface area contributed by atoms with Crippen LogP contribution < -0.4 is 5.32 Å². The van der Waals surface area contributed by atoms with Crippen LogP contribution in [0.5, 0.6) is 0 Å². The lowest BCUT2D eigenvalue weighted by molar-refractivity contribution is 0.145. The van der Waals surface area contributed by atoms with Crippen molar-refractivity contribution in [3.05, 3.63) is 0 Å². The number of hydrogen-bond acceptors (Lipinski definition) is 4. The van der Waals surface area contributed by atoms with Crippen molar-refractivity contribution < 1.29 is 9.53 Å². The summed E-state index contributed by atoms with van der Waals surface area (Å²) in [5.74, 6) is 2.33. The van der Waals surface area contributed by atoms with Gasteiger partial charge in [0.1, 0.15) is 0 Å². The van der Waals surface area contributed by atoms with Gasteiger partial charge in [-0.15, -0.1) is 0 Å². The van der Waals surface area contributed by atoms with Crippen molar-refractivity contribution in [2.24, 2.45) is 0 Å². The molecule has 0 rings (SSSR count). The number of carbonyl (C=O) groups is 1. The fourth-order valence-corrected chi connectivity index (χ4v) is 3.96. The molecule has 0 heterocycles. The van der Waals surface area contributed by atoms with Crippen LogP contribution in [0.3, 0.4) is 0 Å². The SMILES string of the molecule is CCCCCCCCCCCCSCCCOC(=O)NCCN(CC)CC. The average Bonchev–Trinajstić information content (AvgIpc) is 2.68. The average molecular weight is 403 g/mol. The molecule has 0 aliphatic heterocycles. The molecule has 0 aliphatic rings. The molecule has 0 aliphatic carbocycles. The Labute approximate surface area is 173 Å². The first-order chi connectivity index (χ1) is 13.2. The second-order valence-electron chi connectivity index (χ2n) is 7.24. The summed E-state index contributed by atoms with van der Waals surface area (Å²) >= 11 is 1.99. The third kappa shape index (κ3) is 20.1. The number of carbonyl (C=O) groups excluding carboxylic acids is 1. The number of thioether (sulfide) groups is 1. The van der Waals surface area contributed by atoms with E-state index in [0.29, 0.717) is 13.2 Å². The first-order valence-corrected chi connectivity index (χ1v) is 12.6. The topological polar surface area (TPSA) is 41.6 Å². The third-order valence-electron chi connectivity index (χ3n) is 4.90. The van der Waals surface area contributed by atoms with Crippen LogP contribution in [-0.4, -0.2) is 55.3 Å². The quantitative estimate of drug-likeness (QED) is 0.250. The first-order valence-electron chi connectivity index (χ1n) is 11.4. The van der Waals surface area contributed by atoms with Crippen LogP contribution in [-0.2, 0) is 4.74 Å². The van der Waals surface area contributed by atoms with E-state index in [1.54, 1.807) is 0 Å². The maximum absolute atomic E-state index is 11.6. The van der Waals surface area contributed by atoms with E-state index in [9.17, 15) is 4.79 Å². The molecule has 1 N–H and O–H groups in total. The number of likely N-dealkylation sites (N-methyl/N-ethyl adjacent to an activating group) is 1. The summed E-state index contributed by atoms with van der Waals surface area (Å²) in [5, 5.41) is 2.82. The summed E-state index contributed by atoms with van der Waals surface area (Å²) in [6, 6.07) is 0. The molecule has 0 unspecified atom stereocenters. The smallest absolute Gasteiger partial charge is 0.407 e. The van der Waals surface area contributed by atoms with Gasteiger partial charge in [-0.25, -0.2) is 4.79 Å². The lowest BCUT2D eigenvalue weighted by Gasteiger charge is -2.17. The molecule has 0 aromatic rings. The van der Waals surface area contributed by atoms with Crippen LogP contribution in [0.2, 0.25) is 0 Å². The number of nitrogens with one attached hydrogen (secondary N) is 1. The van der Waals surface area contributed by atoms with E-state index < -0.39 is 0 Å². The number of amides is 1. The van der Waals surface area contributed by atoms with Crippen molar-refractivity contribution >= 4 is 17.9 Å². The van der Waals surface area contributed by atoms with E-state index in [1.165, 1.54) is 70.0 Å². The van der Waals surface area contributed by atoms with Crippen molar-refractivity contribution in [3.63, 3.8) is 0 Å². The Morgan fingerprint density at radius 2 is 1.37 bits per heavy atom. The Balaban J connectivity index is 3.19. The molecule has 0 saturated heterocycles. The van der Waals surface area contributed by atoms with Gasteiger partial charge in [0, 0.05) is 13.1 Å². The molecule has 0 saturated carbocycles. The minimum Gasteiger partial charge on any atom is -0.450 e. The van der Waals surface area contributed by atoms with Crippen LogP contribution in [0, 0.1) is 0 Å². The summed E-state index contributed by atoms with van der Waals surface area (Å²) in [4.78, 5) is 13.9. The highest BCUT2D eigenvalue weighted by Gasteiger charge is 2.03. The van der Waals surface area contributed by atoms with Crippen molar-refractivity contribution in [1.82, 2.24) is 10.2 Å². The van der Waals surface area contributed by atoms with E-state index >= 15 is 0 Å². The normalized spacial score (nSPS) is 11.1. The van der Waals surface area contributed by atoms with E-state index in [1.807, 2.05) is 11.8 Å². The zero-order chi connectivity index (χ0) is 20.0. The molecule has 5 heteroatoms. The van der Waals surface area contributed by atoms with Gasteiger partial charge in [-0.05, 0) is 37.4 Å². The summed E-state index contributed by atoms with van der Waals surface area (Å²) in [5.41, 5.74) is 0. The Morgan fingerprint density at radius 3 is 1.96 bits per heavy atom. The van der Waals surface area contributed by atoms with E-state index in [0.717, 1.165) is 31.8 Å². The van der Waals surface area contributed by atoms with Crippen molar-refractivity contribution in [1.29, 1.82) is 0 Å². The Kier molecular flexibility index (Phi) is 21.5. The number of unbranched alkanes of at least 4 members (excludes halogenated alkanes) is 9. The van der Waals surface area contributed by atoms with Gasteiger partial charge in [0.2, 0.25) is 0 Å². The summed E-state index contributed by atoms with van der Waals surface area (Å²) in [6.45, 7) is 10.7. The molecule has 0 aromatic carbocycles. The van der Waals surface area contributed by atoms with Gasteiger partial charge in [-0.1, -0.05) is 78.6 Å². The van der Waals surface area contributed by atoms with Crippen LogP contribution in [0.25, 0.3) is 0 Å². The molecule has 27 heavy (non-hydrogen) atoms. The number of nitrogens with zero attached hydrogens (tertiary/aromatic N) is 1. The Hall–Kier alpha value is -0.420. The Morgan fingerprint density at radius 1 is 0.815 bits per heavy atom. The predicted octanol–water partition coefficient (Wildman–Crippen LogP) is 6.10. The zero-order valence-corrected chi connectivity index (χ0v) is 19.2.